The molecular weight excluding hydrogens is 358 g/mol. The van der Waals surface area contributed by atoms with Crippen LogP contribution in [0.3, 0.4) is 0 Å². The summed E-state index contributed by atoms with van der Waals surface area (Å²) in [6.07, 6.45) is 1.87. The van der Waals surface area contributed by atoms with Crippen LogP contribution in [-0.4, -0.2) is 51.0 Å². The summed E-state index contributed by atoms with van der Waals surface area (Å²) in [4.78, 5) is 11.1. The lowest BCUT2D eigenvalue weighted by Crippen LogP contribution is -2.38. The first-order valence-corrected chi connectivity index (χ1v) is 9.81. The lowest BCUT2D eigenvalue weighted by atomic mass is 10.1. The Bertz CT molecular complexity index is 766. The molecule has 2 heterocycles. The van der Waals surface area contributed by atoms with E-state index in [-0.39, 0.29) is 6.10 Å². The molecule has 0 radical (unpaired) electrons. The van der Waals surface area contributed by atoms with E-state index in [4.69, 9.17) is 9.26 Å². The Morgan fingerprint density at radius 2 is 2.11 bits per heavy atom. The summed E-state index contributed by atoms with van der Waals surface area (Å²) in [7, 11) is 3.96. The molecule has 0 bridgehead atoms. The van der Waals surface area contributed by atoms with Crippen LogP contribution in [0.4, 0.5) is 0 Å². The van der Waals surface area contributed by atoms with Crippen molar-refractivity contribution in [3.05, 3.63) is 29.2 Å². The minimum absolute atomic E-state index is 0.192. The number of nitrogens with one attached hydrogen (secondary N) is 1. The standard InChI is InChI=1S/C19H33N7O2/c1-8-20-19(21-10-16-22-18(24-28-16)14(5)27-9-2)25(6)11-15-12-26(7)23-17(15)13(3)4/h12-14H,8-11H2,1-7H3,(H,20,21). The molecule has 28 heavy (non-hydrogen) atoms. The molecule has 2 aromatic heterocycles. The van der Waals surface area contributed by atoms with Crippen molar-refractivity contribution in [2.75, 3.05) is 20.2 Å². The van der Waals surface area contributed by atoms with Crippen molar-refractivity contribution >= 4 is 5.96 Å². The molecule has 2 aromatic rings. The normalized spacial score (nSPS) is 13.2. The molecule has 1 N–H and O–H groups in total. The Kier molecular flexibility index (Phi) is 7.98. The Labute approximate surface area is 167 Å². The van der Waals surface area contributed by atoms with E-state index < -0.39 is 0 Å². The zero-order chi connectivity index (χ0) is 20.7. The van der Waals surface area contributed by atoms with Gasteiger partial charge in [0, 0.05) is 45.6 Å². The fourth-order valence-electron chi connectivity index (χ4n) is 2.93. The molecule has 0 spiro atoms. The van der Waals surface area contributed by atoms with E-state index in [1.807, 2.05) is 39.5 Å². The first-order chi connectivity index (χ1) is 13.3. The highest BCUT2D eigenvalue weighted by Crippen LogP contribution is 2.19. The SMILES string of the molecule is CCNC(=NCc1nc(C(C)OCC)no1)N(C)Cc1cn(C)nc1C(C)C. The Morgan fingerprint density at radius 3 is 2.75 bits per heavy atom. The van der Waals surface area contributed by atoms with Crippen LogP contribution in [0.2, 0.25) is 0 Å². The summed E-state index contributed by atoms with van der Waals surface area (Å²) >= 11 is 0. The zero-order valence-electron chi connectivity index (χ0n) is 18.1. The molecular formula is C19H33N7O2. The predicted molar refractivity (Wildman–Crippen MR) is 108 cm³/mol. The van der Waals surface area contributed by atoms with E-state index in [1.165, 1.54) is 5.56 Å². The van der Waals surface area contributed by atoms with Crippen LogP contribution in [-0.2, 0) is 24.9 Å². The zero-order valence-corrected chi connectivity index (χ0v) is 18.1. The molecule has 0 aromatic carbocycles. The molecule has 9 nitrogen and oxygen atoms in total. The van der Waals surface area contributed by atoms with Gasteiger partial charge < -0.3 is 19.5 Å². The molecule has 1 unspecified atom stereocenters. The largest absolute Gasteiger partial charge is 0.371 e. The quantitative estimate of drug-likeness (QED) is 0.519. The van der Waals surface area contributed by atoms with E-state index in [9.17, 15) is 0 Å². The van der Waals surface area contributed by atoms with Crippen molar-refractivity contribution < 1.29 is 9.26 Å². The van der Waals surface area contributed by atoms with Crippen LogP contribution in [0.25, 0.3) is 0 Å². The number of aryl methyl sites for hydroxylation is 1. The van der Waals surface area contributed by atoms with Crippen molar-refractivity contribution in [3.8, 4) is 0 Å². The number of rotatable bonds is 9. The summed E-state index contributed by atoms with van der Waals surface area (Å²) in [6.45, 7) is 12.6. The molecule has 9 heteroatoms. The second kappa shape index (κ2) is 10.2. The number of hydrogen-bond donors (Lipinski definition) is 1. The number of aromatic nitrogens is 4. The molecule has 0 amide bonds. The van der Waals surface area contributed by atoms with Crippen LogP contribution < -0.4 is 5.32 Å². The average Bonchev–Trinajstić information content (AvgIpc) is 3.25. The summed E-state index contributed by atoms with van der Waals surface area (Å²) in [6, 6.07) is 0. The molecule has 1 atom stereocenters. The van der Waals surface area contributed by atoms with Crippen molar-refractivity contribution in [1.82, 2.24) is 30.1 Å². The molecule has 0 aliphatic rings. The number of aliphatic imine (C=N–C) groups is 1. The van der Waals surface area contributed by atoms with E-state index in [1.54, 1.807) is 0 Å². The van der Waals surface area contributed by atoms with E-state index in [0.29, 0.717) is 37.3 Å². The second-order valence-corrected chi connectivity index (χ2v) is 7.04. The first kappa shape index (κ1) is 21.9. The van der Waals surface area contributed by atoms with Gasteiger partial charge in [0.1, 0.15) is 12.6 Å². The third kappa shape index (κ3) is 5.79. The van der Waals surface area contributed by atoms with Gasteiger partial charge in [-0.3, -0.25) is 4.68 Å². The molecule has 0 saturated carbocycles. The average molecular weight is 392 g/mol. The van der Waals surface area contributed by atoms with E-state index in [0.717, 1.165) is 18.2 Å². The summed E-state index contributed by atoms with van der Waals surface area (Å²) in [5.74, 6) is 2.16. The maximum Gasteiger partial charge on any atom is 0.248 e. The van der Waals surface area contributed by atoms with Crippen LogP contribution in [0, 0.1) is 0 Å². The third-order valence-electron chi connectivity index (χ3n) is 4.22. The predicted octanol–water partition coefficient (Wildman–Crippen LogP) is 2.62. The lowest BCUT2D eigenvalue weighted by molar-refractivity contribution is 0.0683. The third-order valence-corrected chi connectivity index (χ3v) is 4.22. The fraction of sp³-hybridized carbons (Fsp3) is 0.684. The molecule has 156 valence electrons. The smallest absolute Gasteiger partial charge is 0.248 e. The van der Waals surface area contributed by atoms with Gasteiger partial charge in [0.15, 0.2) is 11.8 Å². The van der Waals surface area contributed by atoms with Crippen molar-refractivity contribution in [2.45, 2.75) is 59.7 Å². The molecule has 0 saturated heterocycles. The Balaban J connectivity index is 2.09. The van der Waals surface area contributed by atoms with E-state index in [2.05, 4.69) is 50.5 Å². The van der Waals surface area contributed by atoms with Crippen molar-refractivity contribution in [3.63, 3.8) is 0 Å². The minimum atomic E-state index is -0.192. The van der Waals surface area contributed by atoms with Gasteiger partial charge in [-0.15, -0.1) is 0 Å². The van der Waals surface area contributed by atoms with Gasteiger partial charge in [-0.25, -0.2) is 4.99 Å². The van der Waals surface area contributed by atoms with Gasteiger partial charge in [-0.1, -0.05) is 19.0 Å². The van der Waals surface area contributed by atoms with Gasteiger partial charge in [0.25, 0.3) is 0 Å². The van der Waals surface area contributed by atoms with Crippen LogP contribution >= 0.6 is 0 Å². The molecule has 0 fully saturated rings. The number of nitrogens with zero attached hydrogens (tertiary/aromatic N) is 6. The number of guanidine groups is 1. The van der Waals surface area contributed by atoms with Gasteiger partial charge in [-0.05, 0) is 26.7 Å². The van der Waals surface area contributed by atoms with Crippen molar-refractivity contribution in [1.29, 1.82) is 0 Å². The maximum absolute atomic E-state index is 5.49. The highest BCUT2D eigenvalue weighted by molar-refractivity contribution is 5.79. The second-order valence-electron chi connectivity index (χ2n) is 7.04. The molecule has 0 aliphatic heterocycles. The highest BCUT2D eigenvalue weighted by atomic mass is 16.5. The number of ether oxygens (including phenoxy) is 1. The molecule has 2 rings (SSSR count). The monoisotopic (exact) mass is 391 g/mol. The highest BCUT2D eigenvalue weighted by Gasteiger charge is 2.16. The first-order valence-electron chi connectivity index (χ1n) is 9.81. The fourth-order valence-corrected chi connectivity index (χ4v) is 2.93. The molecule has 0 aliphatic carbocycles. The van der Waals surface area contributed by atoms with Gasteiger partial charge in [-0.2, -0.15) is 10.1 Å². The maximum atomic E-state index is 5.49. The Morgan fingerprint density at radius 1 is 1.36 bits per heavy atom. The summed E-state index contributed by atoms with van der Waals surface area (Å²) in [5, 5.41) is 11.9. The number of hydrogen-bond acceptors (Lipinski definition) is 6. The van der Waals surface area contributed by atoms with Gasteiger partial charge in [0.05, 0.1) is 5.69 Å². The van der Waals surface area contributed by atoms with Crippen molar-refractivity contribution in [2.24, 2.45) is 12.0 Å². The minimum Gasteiger partial charge on any atom is -0.371 e. The Hall–Kier alpha value is -2.42. The topological polar surface area (TPSA) is 93.6 Å². The summed E-state index contributed by atoms with van der Waals surface area (Å²) < 4.78 is 12.7. The van der Waals surface area contributed by atoms with Gasteiger partial charge in [0.2, 0.25) is 5.89 Å². The van der Waals surface area contributed by atoms with E-state index >= 15 is 0 Å². The van der Waals surface area contributed by atoms with Crippen LogP contribution in [0.1, 0.15) is 69.6 Å². The van der Waals surface area contributed by atoms with Gasteiger partial charge >= 0.3 is 0 Å². The van der Waals surface area contributed by atoms with Crippen LogP contribution in [0.5, 0.6) is 0 Å². The van der Waals surface area contributed by atoms with Crippen LogP contribution in [0.15, 0.2) is 15.7 Å². The lowest BCUT2D eigenvalue weighted by Gasteiger charge is -2.22. The summed E-state index contributed by atoms with van der Waals surface area (Å²) in [5.41, 5.74) is 2.30.